The molecular weight excluding hydrogens is 614 g/mol. The number of carbonyl (C=O) groups is 2. The van der Waals surface area contributed by atoms with E-state index in [0.29, 0.717) is 17.0 Å². The van der Waals surface area contributed by atoms with Crippen LogP contribution in [0.4, 0.5) is 10.5 Å². The normalized spacial score (nSPS) is 14.9. The summed E-state index contributed by atoms with van der Waals surface area (Å²) in [5.41, 5.74) is 4.29. The van der Waals surface area contributed by atoms with Crippen LogP contribution in [0.1, 0.15) is 36.6 Å². The predicted molar refractivity (Wildman–Crippen MR) is 169 cm³/mol. The molecule has 0 fully saturated rings. The minimum atomic E-state index is -1.32. The lowest BCUT2D eigenvalue weighted by molar-refractivity contribution is -0.385. The quantitative estimate of drug-likeness (QED) is 0.0617. The van der Waals surface area contributed by atoms with Crippen molar-refractivity contribution in [1.82, 2.24) is 16.1 Å². The van der Waals surface area contributed by atoms with Crippen LogP contribution in [0.2, 0.25) is 0 Å². The third-order valence-corrected chi connectivity index (χ3v) is 6.85. The molecule has 0 unspecified atom stereocenters. The maximum absolute atomic E-state index is 12.5. The van der Waals surface area contributed by atoms with E-state index in [9.17, 15) is 24.8 Å². The number of benzene rings is 3. The van der Waals surface area contributed by atoms with E-state index in [4.69, 9.17) is 23.7 Å². The molecule has 1 aliphatic rings. The summed E-state index contributed by atoms with van der Waals surface area (Å²) in [6.45, 7) is 3.55. The second-order valence-corrected chi connectivity index (χ2v) is 10.0. The fourth-order valence-corrected chi connectivity index (χ4v) is 4.65. The van der Waals surface area contributed by atoms with Gasteiger partial charge in [0.1, 0.15) is 13.2 Å². The van der Waals surface area contributed by atoms with Crippen molar-refractivity contribution in [2.24, 2.45) is 5.10 Å². The molecule has 2 amide bonds. The Balaban J connectivity index is 1.44. The van der Waals surface area contributed by atoms with E-state index in [2.05, 4.69) is 21.2 Å². The highest BCUT2D eigenvalue weighted by atomic mass is 16.6. The average molecular weight is 650 g/mol. The number of allylic oxidation sites excluding steroid dienone is 1. The van der Waals surface area contributed by atoms with Crippen molar-refractivity contribution in [3.05, 3.63) is 98.7 Å². The third kappa shape index (κ3) is 8.67. The van der Waals surface area contributed by atoms with Gasteiger partial charge in [-0.2, -0.15) is 5.10 Å². The van der Waals surface area contributed by atoms with E-state index < -0.39 is 29.2 Å². The zero-order valence-corrected chi connectivity index (χ0v) is 26.1. The van der Waals surface area contributed by atoms with Gasteiger partial charge in [-0.3, -0.25) is 15.5 Å². The minimum absolute atomic E-state index is 0.106. The van der Waals surface area contributed by atoms with Crippen molar-refractivity contribution in [2.75, 3.05) is 27.4 Å². The van der Waals surface area contributed by atoms with Crippen LogP contribution in [-0.4, -0.2) is 61.9 Å². The van der Waals surface area contributed by atoms with E-state index in [1.165, 1.54) is 32.6 Å². The van der Waals surface area contributed by atoms with E-state index in [1.807, 2.05) is 30.3 Å². The SMILES string of the molecule is CCOc1cc([C@H]2NC(=O)NC(C)=C2C(=O)OC)ccc1OC[C@@H](O)N/N=C\c1cc(OC)c(OCc2ccccc2)cc1[N+](=O)[O-]. The third-order valence-electron chi connectivity index (χ3n) is 6.85. The zero-order chi connectivity index (χ0) is 33.9. The second-order valence-electron chi connectivity index (χ2n) is 10.0. The lowest BCUT2D eigenvalue weighted by atomic mass is 9.95. The highest BCUT2D eigenvalue weighted by Crippen LogP contribution is 2.36. The summed E-state index contributed by atoms with van der Waals surface area (Å²) in [6, 6.07) is 15.5. The fourth-order valence-electron chi connectivity index (χ4n) is 4.65. The maximum atomic E-state index is 12.5. The highest BCUT2D eigenvalue weighted by molar-refractivity contribution is 5.95. The molecule has 3 aromatic rings. The van der Waals surface area contributed by atoms with Gasteiger partial charge in [-0.1, -0.05) is 36.4 Å². The molecule has 0 spiro atoms. The molecule has 0 saturated carbocycles. The zero-order valence-electron chi connectivity index (χ0n) is 26.1. The topological polar surface area (TPSA) is 192 Å². The first-order chi connectivity index (χ1) is 22.6. The number of carbonyl (C=O) groups excluding carboxylic acids is 2. The molecule has 4 N–H and O–H groups in total. The van der Waals surface area contributed by atoms with Crippen molar-refractivity contribution >= 4 is 23.9 Å². The number of rotatable bonds is 15. The van der Waals surface area contributed by atoms with Gasteiger partial charge in [0.05, 0.1) is 55.2 Å². The number of methoxy groups -OCH3 is 2. The van der Waals surface area contributed by atoms with Gasteiger partial charge in [0.25, 0.3) is 5.69 Å². The molecule has 15 nitrogen and oxygen atoms in total. The van der Waals surface area contributed by atoms with Gasteiger partial charge in [-0.15, -0.1) is 0 Å². The molecule has 0 bridgehead atoms. The predicted octanol–water partition coefficient (Wildman–Crippen LogP) is 3.70. The van der Waals surface area contributed by atoms with Crippen LogP contribution in [0.25, 0.3) is 0 Å². The monoisotopic (exact) mass is 649 g/mol. The Kier molecular flexibility index (Phi) is 11.6. The number of nitrogens with one attached hydrogen (secondary N) is 3. The van der Waals surface area contributed by atoms with Gasteiger partial charge in [-0.05, 0) is 43.2 Å². The van der Waals surface area contributed by atoms with Gasteiger partial charge in [0, 0.05) is 5.70 Å². The molecule has 15 heteroatoms. The van der Waals surface area contributed by atoms with Crippen LogP contribution in [-0.2, 0) is 16.1 Å². The Bertz CT molecular complexity index is 1660. The molecular formula is C32H35N5O10. The van der Waals surface area contributed by atoms with Crippen LogP contribution in [0.5, 0.6) is 23.0 Å². The number of hydrogen-bond acceptors (Lipinski definition) is 12. The smallest absolute Gasteiger partial charge is 0.337 e. The number of aliphatic hydroxyl groups is 1. The summed E-state index contributed by atoms with van der Waals surface area (Å²) in [5.74, 6) is 0.411. The largest absolute Gasteiger partial charge is 0.493 e. The summed E-state index contributed by atoms with van der Waals surface area (Å²) in [5, 5.41) is 31.5. The Morgan fingerprint density at radius 2 is 1.81 bits per heavy atom. The van der Waals surface area contributed by atoms with Crippen molar-refractivity contribution < 1.29 is 43.3 Å². The number of nitrogens with zero attached hydrogens (tertiary/aromatic N) is 2. The van der Waals surface area contributed by atoms with Crippen LogP contribution in [0.3, 0.4) is 0 Å². The minimum Gasteiger partial charge on any atom is -0.493 e. The first-order valence-corrected chi connectivity index (χ1v) is 14.4. The summed E-state index contributed by atoms with van der Waals surface area (Å²) in [6.07, 6.45) is -0.150. The Morgan fingerprint density at radius 1 is 1.06 bits per heavy atom. The lowest BCUT2D eigenvalue weighted by Crippen LogP contribution is -2.45. The molecule has 4 rings (SSSR count). The number of amides is 2. The molecule has 0 aliphatic carbocycles. The van der Waals surface area contributed by atoms with E-state index in [1.54, 1.807) is 32.0 Å². The van der Waals surface area contributed by atoms with Crippen LogP contribution in [0, 0.1) is 10.1 Å². The van der Waals surface area contributed by atoms with Crippen LogP contribution < -0.4 is 35.0 Å². The molecule has 0 saturated heterocycles. The summed E-state index contributed by atoms with van der Waals surface area (Å²) >= 11 is 0. The first kappa shape index (κ1) is 34.1. The standard InChI is InChI=1S/C32H35N5O10/c1-5-45-26-13-21(30-29(31(39)44-4)19(2)34-32(40)35-30)11-12-24(26)47-18-28(38)36-33-16-22-14-25(43-3)27(15-23(22)37(41)42)46-17-20-9-7-6-8-10-20/h6-16,28,30,36,38H,5,17-18H2,1-4H3,(H2,34,35,40)/b33-16-/t28-,30-/m1/s1. The average Bonchev–Trinajstić information content (AvgIpc) is 3.06. The van der Waals surface area contributed by atoms with Gasteiger partial charge in [0.15, 0.2) is 29.2 Å². The van der Waals surface area contributed by atoms with E-state index >= 15 is 0 Å². The first-order valence-electron chi connectivity index (χ1n) is 14.4. The number of hydrazone groups is 1. The van der Waals surface area contributed by atoms with Gasteiger partial charge in [-0.25, -0.2) is 9.59 Å². The molecule has 2 atom stereocenters. The highest BCUT2D eigenvalue weighted by Gasteiger charge is 2.32. The molecule has 0 aromatic heterocycles. The summed E-state index contributed by atoms with van der Waals surface area (Å²) in [4.78, 5) is 35.9. The summed E-state index contributed by atoms with van der Waals surface area (Å²) in [7, 11) is 2.66. The van der Waals surface area contributed by atoms with Crippen molar-refractivity contribution in [1.29, 1.82) is 0 Å². The molecule has 248 valence electrons. The number of ether oxygens (including phenoxy) is 5. The number of esters is 1. The van der Waals surface area contributed by atoms with Gasteiger partial charge in [0.2, 0.25) is 0 Å². The van der Waals surface area contributed by atoms with Crippen molar-refractivity contribution in [2.45, 2.75) is 32.7 Å². The number of nitro benzene ring substituents is 1. The van der Waals surface area contributed by atoms with E-state index in [0.717, 1.165) is 5.56 Å². The van der Waals surface area contributed by atoms with Gasteiger partial charge >= 0.3 is 12.0 Å². The number of aliphatic hydroxyl groups excluding tert-OH is 1. The number of nitro groups is 1. The Labute approximate surface area is 270 Å². The molecule has 47 heavy (non-hydrogen) atoms. The van der Waals surface area contributed by atoms with Crippen LogP contribution >= 0.6 is 0 Å². The number of urea groups is 1. The molecule has 0 radical (unpaired) electrons. The molecule has 1 heterocycles. The van der Waals surface area contributed by atoms with Crippen molar-refractivity contribution in [3.63, 3.8) is 0 Å². The van der Waals surface area contributed by atoms with Crippen molar-refractivity contribution in [3.8, 4) is 23.0 Å². The van der Waals surface area contributed by atoms with Gasteiger partial charge < -0.3 is 39.4 Å². The molecule has 3 aromatic carbocycles. The Morgan fingerprint density at radius 3 is 2.49 bits per heavy atom. The fraction of sp³-hybridized carbons (Fsp3) is 0.281. The summed E-state index contributed by atoms with van der Waals surface area (Å²) < 4.78 is 27.5. The lowest BCUT2D eigenvalue weighted by Gasteiger charge is -2.28. The maximum Gasteiger partial charge on any atom is 0.337 e. The Hall–Kier alpha value is -5.83. The second kappa shape index (κ2) is 15.9. The molecule has 1 aliphatic heterocycles. The van der Waals surface area contributed by atoms with Crippen LogP contribution in [0.15, 0.2) is 77.0 Å². The number of hydrogen-bond donors (Lipinski definition) is 4. The van der Waals surface area contributed by atoms with E-state index in [-0.39, 0.29) is 53.9 Å².